The molecule has 1 heterocycles. The second kappa shape index (κ2) is 6.57. The average molecular weight is 421 g/mol. The van der Waals surface area contributed by atoms with Crippen molar-refractivity contribution in [2.75, 3.05) is 0 Å². The summed E-state index contributed by atoms with van der Waals surface area (Å²) in [4.78, 5) is 0.267. The summed E-state index contributed by atoms with van der Waals surface area (Å²) in [6.45, 7) is 6.14. The fraction of sp³-hybridized carbons (Fsp3) is 0.316. The fourth-order valence-corrected chi connectivity index (χ4v) is 4.94. The van der Waals surface area contributed by atoms with E-state index in [4.69, 9.17) is 0 Å². The predicted molar refractivity (Wildman–Crippen MR) is 104 cm³/mol. The average Bonchev–Trinajstić information content (AvgIpc) is 3.02. The Labute approximate surface area is 157 Å². The summed E-state index contributed by atoms with van der Waals surface area (Å²) >= 11 is 3.47. The SMILES string of the molecule is CC(C)(C)[C@@H]1CC(c2cccc(Br)c2)=NN1S(=O)(=O)c1ccccc1. The number of hydrogen-bond donors (Lipinski definition) is 0. The van der Waals surface area contributed by atoms with Gasteiger partial charge in [0.2, 0.25) is 0 Å². The maximum Gasteiger partial charge on any atom is 0.279 e. The molecule has 6 heteroatoms. The van der Waals surface area contributed by atoms with Crippen LogP contribution in [0.15, 0.2) is 69.1 Å². The smallest absolute Gasteiger partial charge is 0.200 e. The highest BCUT2D eigenvalue weighted by molar-refractivity contribution is 9.10. The summed E-state index contributed by atoms with van der Waals surface area (Å²) in [7, 11) is -3.69. The first-order valence-corrected chi connectivity index (χ1v) is 10.4. The Balaban J connectivity index is 2.07. The number of hydrazone groups is 1. The third kappa shape index (κ3) is 3.65. The second-order valence-corrected chi connectivity index (χ2v) is 9.94. The van der Waals surface area contributed by atoms with Gasteiger partial charge in [-0.2, -0.15) is 17.9 Å². The Hall–Kier alpha value is -1.66. The van der Waals surface area contributed by atoms with Gasteiger partial charge in [-0.05, 0) is 35.2 Å². The van der Waals surface area contributed by atoms with Crippen molar-refractivity contribution in [3.8, 4) is 0 Å². The lowest BCUT2D eigenvalue weighted by Gasteiger charge is -2.33. The van der Waals surface area contributed by atoms with E-state index in [-0.39, 0.29) is 16.4 Å². The summed E-state index contributed by atoms with van der Waals surface area (Å²) < 4.78 is 28.5. The zero-order chi connectivity index (χ0) is 18.2. The van der Waals surface area contributed by atoms with Gasteiger partial charge < -0.3 is 0 Å². The van der Waals surface area contributed by atoms with E-state index in [2.05, 4.69) is 21.0 Å². The molecule has 132 valence electrons. The monoisotopic (exact) mass is 420 g/mol. The number of sulfonamides is 1. The van der Waals surface area contributed by atoms with Crippen molar-refractivity contribution in [3.63, 3.8) is 0 Å². The lowest BCUT2D eigenvalue weighted by molar-refractivity contribution is 0.203. The van der Waals surface area contributed by atoms with Crippen LogP contribution in [0.4, 0.5) is 0 Å². The van der Waals surface area contributed by atoms with Gasteiger partial charge in [0.15, 0.2) is 0 Å². The lowest BCUT2D eigenvalue weighted by Crippen LogP contribution is -2.41. The number of nitrogens with zero attached hydrogens (tertiary/aromatic N) is 2. The maximum atomic E-state index is 13.1. The summed E-state index contributed by atoms with van der Waals surface area (Å²) in [5.74, 6) is 0. The van der Waals surface area contributed by atoms with Crippen LogP contribution in [0.5, 0.6) is 0 Å². The molecular weight excluding hydrogens is 400 g/mol. The van der Waals surface area contributed by atoms with Crippen LogP contribution in [0.2, 0.25) is 0 Å². The summed E-state index contributed by atoms with van der Waals surface area (Å²) in [6, 6.07) is 16.1. The van der Waals surface area contributed by atoms with Crippen LogP contribution in [0, 0.1) is 5.41 Å². The molecule has 3 rings (SSSR count). The molecule has 0 aromatic heterocycles. The standard InChI is InChI=1S/C19H21BrN2O2S/c1-19(2,3)18-13-17(14-8-7-9-15(20)12-14)21-22(18)25(23,24)16-10-5-4-6-11-16/h4-12,18H,13H2,1-3H3/t18-/m0/s1. The first-order valence-electron chi connectivity index (χ1n) is 8.12. The van der Waals surface area contributed by atoms with Gasteiger partial charge in [-0.25, -0.2) is 0 Å². The normalized spacial score (nSPS) is 18.3. The molecule has 0 aliphatic carbocycles. The molecule has 0 N–H and O–H groups in total. The fourth-order valence-electron chi connectivity index (χ4n) is 2.89. The molecule has 1 atom stereocenters. The van der Waals surface area contributed by atoms with E-state index in [1.54, 1.807) is 30.3 Å². The first-order chi connectivity index (χ1) is 11.7. The van der Waals surface area contributed by atoms with E-state index < -0.39 is 10.0 Å². The van der Waals surface area contributed by atoms with Gasteiger partial charge in [0.25, 0.3) is 10.0 Å². The Bertz CT molecular complexity index is 903. The molecule has 0 saturated carbocycles. The molecule has 25 heavy (non-hydrogen) atoms. The van der Waals surface area contributed by atoms with Gasteiger partial charge in [-0.1, -0.05) is 67.0 Å². The van der Waals surface area contributed by atoms with E-state index in [1.165, 1.54) is 4.41 Å². The highest BCUT2D eigenvalue weighted by Gasteiger charge is 2.42. The van der Waals surface area contributed by atoms with Crippen LogP contribution in [0.1, 0.15) is 32.8 Å². The first kappa shape index (κ1) is 18.1. The van der Waals surface area contributed by atoms with Crippen molar-refractivity contribution < 1.29 is 8.42 Å². The van der Waals surface area contributed by atoms with Gasteiger partial charge in [0.1, 0.15) is 0 Å². The van der Waals surface area contributed by atoms with Crippen molar-refractivity contribution >= 4 is 31.7 Å². The molecule has 4 nitrogen and oxygen atoms in total. The lowest BCUT2D eigenvalue weighted by atomic mass is 9.84. The summed E-state index contributed by atoms with van der Waals surface area (Å²) in [5, 5.41) is 4.54. The van der Waals surface area contributed by atoms with Crippen molar-refractivity contribution in [1.29, 1.82) is 0 Å². The predicted octanol–water partition coefficient (Wildman–Crippen LogP) is 4.66. The zero-order valence-corrected chi connectivity index (χ0v) is 16.9. The van der Waals surface area contributed by atoms with Crippen molar-refractivity contribution in [2.24, 2.45) is 10.5 Å². The minimum Gasteiger partial charge on any atom is -0.200 e. The van der Waals surface area contributed by atoms with Gasteiger partial charge in [0.05, 0.1) is 16.6 Å². The molecule has 0 radical (unpaired) electrons. The molecule has 1 aliphatic rings. The van der Waals surface area contributed by atoms with Gasteiger partial charge in [0, 0.05) is 10.9 Å². The second-order valence-electron chi connectivity index (χ2n) is 7.23. The van der Waals surface area contributed by atoms with Crippen LogP contribution in [-0.4, -0.2) is 24.6 Å². The molecule has 0 bridgehead atoms. The number of hydrogen-bond acceptors (Lipinski definition) is 3. The minimum atomic E-state index is -3.69. The Morgan fingerprint density at radius 3 is 2.36 bits per heavy atom. The molecule has 0 fully saturated rings. The highest BCUT2D eigenvalue weighted by Crippen LogP contribution is 2.37. The molecular formula is C19H21BrN2O2S. The molecule has 0 spiro atoms. The molecule has 0 unspecified atom stereocenters. The molecule has 1 aliphatic heterocycles. The van der Waals surface area contributed by atoms with Crippen molar-refractivity contribution in [3.05, 3.63) is 64.6 Å². The number of halogens is 1. The van der Waals surface area contributed by atoms with Crippen LogP contribution in [0.3, 0.4) is 0 Å². The van der Waals surface area contributed by atoms with E-state index in [0.717, 1.165) is 15.7 Å². The Morgan fingerprint density at radius 2 is 1.76 bits per heavy atom. The van der Waals surface area contributed by atoms with E-state index in [1.807, 2.05) is 45.0 Å². The minimum absolute atomic E-state index is 0.230. The van der Waals surface area contributed by atoms with E-state index >= 15 is 0 Å². The van der Waals surface area contributed by atoms with Crippen LogP contribution in [0.25, 0.3) is 0 Å². The van der Waals surface area contributed by atoms with Gasteiger partial charge >= 0.3 is 0 Å². The van der Waals surface area contributed by atoms with Crippen molar-refractivity contribution in [1.82, 2.24) is 4.41 Å². The van der Waals surface area contributed by atoms with Crippen LogP contribution < -0.4 is 0 Å². The molecule has 0 amide bonds. The quantitative estimate of drug-likeness (QED) is 0.724. The number of rotatable bonds is 3. The van der Waals surface area contributed by atoms with Gasteiger partial charge in [-0.15, -0.1) is 0 Å². The van der Waals surface area contributed by atoms with Crippen LogP contribution in [-0.2, 0) is 10.0 Å². The van der Waals surface area contributed by atoms with Crippen LogP contribution >= 0.6 is 15.9 Å². The maximum absolute atomic E-state index is 13.1. The topological polar surface area (TPSA) is 49.7 Å². The summed E-state index contributed by atoms with van der Waals surface area (Å²) in [6.07, 6.45) is 0.589. The van der Waals surface area contributed by atoms with E-state index in [0.29, 0.717) is 6.42 Å². The largest absolute Gasteiger partial charge is 0.279 e. The summed E-state index contributed by atoms with van der Waals surface area (Å²) in [5.41, 5.74) is 1.49. The highest BCUT2D eigenvalue weighted by atomic mass is 79.9. The number of benzene rings is 2. The third-order valence-electron chi connectivity index (χ3n) is 4.32. The molecule has 2 aromatic carbocycles. The van der Waals surface area contributed by atoms with Crippen molar-refractivity contribution in [2.45, 2.75) is 38.1 Å². The molecule has 2 aromatic rings. The molecule has 0 saturated heterocycles. The van der Waals surface area contributed by atoms with E-state index in [9.17, 15) is 8.42 Å². The Kier molecular flexibility index (Phi) is 4.77. The van der Waals surface area contributed by atoms with Gasteiger partial charge in [-0.3, -0.25) is 0 Å². The zero-order valence-electron chi connectivity index (χ0n) is 14.5. The third-order valence-corrected chi connectivity index (χ3v) is 6.51. The Morgan fingerprint density at radius 1 is 1.08 bits per heavy atom.